The van der Waals surface area contributed by atoms with Crippen LogP contribution in [0.2, 0.25) is 0 Å². The number of alkyl halides is 3. The lowest BCUT2D eigenvalue weighted by molar-refractivity contribution is -0.155. The molecule has 29 heavy (non-hydrogen) atoms. The van der Waals surface area contributed by atoms with Crippen LogP contribution < -0.4 is 10.0 Å². The van der Waals surface area contributed by atoms with E-state index in [4.69, 9.17) is 0 Å². The van der Waals surface area contributed by atoms with Crippen molar-refractivity contribution in [2.45, 2.75) is 42.2 Å². The average Bonchev–Trinajstić information content (AvgIpc) is 3.33. The predicted molar refractivity (Wildman–Crippen MR) is 102 cm³/mol. The molecule has 0 radical (unpaired) electrons. The van der Waals surface area contributed by atoms with E-state index >= 15 is 0 Å². The zero-order valence-corrected chi connectivity index (χ0v) is 17.1. The van der Waals surface area contributed by atoms with E-state index < -0.39 is 22.0 Å². The minimum atomic E-state index is -4.64. The largest absolute Gasteiger partial charge is 0.452 e. The van der Waals surface area contributed by atoms with E-state index in [9.17, 15) is 21.6 Å². The summed E-state index contributed by atoms with van der Waals surface area (Å²) in [6.07, 6.45) is 1.47. The summed E-state index contributed by atoms with van der Waals surface area (Å²) >= 11 is 0.861. The van der Waals surface area contributed by atoms with Gasteiger partial charge in [0.15, 0.2) is 0 Å². The van der Waals surface area contributed by atoms with E-state index in [2.05, 4.69) is 31.9 Å². The van der Waals surface area contributed by atoms with Crippen LogP contribution in [-0.2, 0) is 16.2 Å². The maximum Gasteiger partial charge on any atom is 0.452 e. The third kappa shape index (κ3) is 4.14. The molecule has 4 rings (SSSR count). The maximum absolute atomic E-state index is 13.0. The number of fused-ring (bicyclic) bond motifs is 1. The number of nitrogens with zero attached hydrogens (tertiary/aromatic N) is 1. The van der Waals surface area contributed by atoms with E-state index in [1.807, 2.05) is 6.92 Å². The number of thiophene rings is 1. The lowest BCUT2D eigenvalue weighted by Gasteiger charge is -2.43. The van der Waals surface area contributed by atoms with Gasteiger partial charge in [-0.05, 0) is 36.8 Å². The van der Waals surface area contributed by atoms with Gasteiger partial charge in [0.1, 0.15) is 9.90 Å². The van der Waals surface area contributed by atoms with Crippen LogP contribution in [0.3, 0.4) is 0 Å². The Labute approximate surface area is 170 Å². The lowest BCUT2D eigenvalue weighted by Crippen LogP contribution is -2.59. The van der Waals surface area contributed by atoms with Crippen LogP contribution in [0.1, 0.15) is 25.5 Å². The summed E-state index contributed by atoms with van der Waals surface area (Å²) in [4.78, 5) is 0.290. The van der Waals surface area contributed by atoms with Gasteiger partial charge in [-0.3, -0.25) is 0 Å². The summed E-state index contributed by atoms with van der Waals surface area (Å²) in [5.41, 5.74) is -0.0473. The molecule has 0 bridgehead atoms. The quantitative estimate of drug-likeness (QED) is 0.699. The monoisotopic (exact) mass is 447 g/mol. The molecule has 11 heteroatoms. The Morgan fingerprint density at radius 1 is 1.31 bits per heavy atom. The van der Waals surface area contributed by atoms with Gasteiger partial charge in [-0.25, -0.2) is 13.1 Å². The fraction of sp³-hybridized carbons (Fsp3) is 0.500. The summed E-state index contributed by atoms with van der Waals surface area (Å²) in [7, 11) is -3.83. The highest BCUT2D eigenvalue weighted by Crippen LogP contribution is 2.36. The Morgan fingerprint density at radius 2 is 2.10 bits per heavy atom. The van der Waals surface area contributed by atoms with Crippen molar-refractivity contribution in [3.8, 4) is 10.6 Å². The third-order valence-electron chi connectivity index (χ3n) is 5.45. The summed E-state index contributed by atoms with van der Waals surface area (Å²) in [6.45, 7) is 2.72. The molecule has 2 aromatic rings. The van der Waals surface area contributed by atoms with Crippen molar-refractivity contribution in [2.24, 2.45) is 11.8 Å². The molecule has 2 aromatic heterocycles. The van der Waals surface area contributed by atoms with E-state index in [1.54, 1.807) is 0 Å². The zero-order valence-electron chi connectivity index (χ0n) is 15.4. The number of sulfonamides is 1. The van der Waals surface area contributed by atoms with E-state index in [-0.39, 0.29) is 38.7 Å². The summed E-state index contributed by atoms with van der Waals surface area (Å²) in [5.74, 6) is -0.779. The van der Waals surface area contributed by atoms with Crippen LogP contribution in [0.4, 0.5) is 13.2 Å². The molecular weight excluding hydrogens is 427 g/mol. The molecule has 6 nitrogen and oxygen atoms in total. The second kappa shape index (κ2) is 7.53. The van der Waals surface area contributed by atoms with Crippen LogP contribution >= 0.6 is 11.3 Å². The smallest absolute Gasteiger partial charge is 0.351 e. The third-order valence-corrected chi connectivity index (χ3v) is 8.51. The van der Waals surface area contributed by atoms with E-state index in [0.29, 0.717) is 6.54 Å². The standard InChI is InChI=1S/C18H20F3N3O3S2/c1-10-4-5-11-3-2-8-22-17(11)16(10)24-29(25,26)15-7-6-13(28-15)12-9-14(27-23-12)18(19,20)21/h2-3,6-7,9-11,16-17,22,24H,4-5,8H2,1H3. The first-order valence-electron chi connectivity index (χ1n) is 9.21. The van der Waals surface area contributed by atoms with Crippen molar-refractivity contribution < 1.29 is 26.1 Å². The van der Waals surface area contributed by atoms with Crippen LogP contribution in [-0.4, -0.2) is 32.2 Å². The first-order valence-corrected chi connectivity index (χ1v) is 11.5. The number of halogens is 3. The topological polar surface area (TPSA) is 84.2 Å². The van der Waals surface area contributed by atoms with Gasteiger partial charge < -0.3 is 9.84 Å². The van der Waals surface area contributed by atoms with Crippen molar-refractivity contribution in [1.29, 1.82) is 0 Å². The molecule has 1 fully saturated rings. The van der Waals surface area contributed by atoms with Gasteiger partial charge in [0, 0.05) is 24.7 Å². The van der Waals surface area contributed by atoms with Crippen molar-refractivity contribution in [3.05, 3.63) is 36.1 Å². The van der Waals surface area contributed by atoms with Crippen molar-refractivity contribution in [3.63, 3.8) is 0 Å². The van der Waals surface area contributed by atoms with Gasteiger partial charge in [0.2, 0.25) is 15.8 Å². The number of hydrogen-bond acceptors (Lipinski definition) is 6. The Bertz CT molecular complexity index is 1010. The van der Waals surface area contributed by atoms with Gasteiger partial charge >= 0.3 is 6.18 Å². The molecule has 1 aliphatic heterocycles. The van der Waals surface area contributed by atoms with Crippen molar-refractivity contribution in [1.82, 2.24) is 15.2 Å². The van der Waals surface area contributed by atoms with E-state index in [0.717, 1.165) is 30.2 Å². The molecule has 0 aromatic carbocycles. The van der Waals surface area contributed by atoms with Crippen molar-refractivity contribution >= 4 is 21.4 Å². The highest BCUT2D eigenvalue weighted by molar-refractivity contribution is 7.91. The molecule has 158 valence electrons. The van der Waals surface area contributed by atoms with E-state index in [1.165, 1.54) is 12.1 Å². The number of hydrogen-bond donors (Lipinski definition) is 2. The van der Waals surface area contributed by atoms with Crippen LogP contribution in [0.25, 0.3) is 10.6 Å². The molecule has 3 heterocycles. The van der Waals surface area contributed by atoms with Gasteiger partial charge in [0.25, 0.3) is 0 Å². The first-order chi connectivity index (χ1) is 13.6. The predicted octanol–water partition coefficient (Wildman–Crippen LogP) is 3.64. The van der Waals surface area contributed by atoms with Gasteiger partial charge in [-0.1, -0.05) is 24.2 Å². The minimum absolute atomic E-state index is 0.0165. The Balaban J connectivity index is 1.55. The zero-order chi connectivity index (χ0) is 20.8. The maximum atomic E-state index is 13.0. The Hall–Kier alpha value is -1.69. The average molecular weight is 448 g/mol. The van der Waals surface area contributed by atoms with Crippen LogP contribution in [0.5, 0.6) is 0 Å². The molecule has 4 unspecified atom stereocenters. The second-order valence-corrected chi connectivity index (χ2v) is 10.4. The number of nitrogens with one attached hydrogen (secondary N) is 2. The number of rotatable bonds is 4. The highest BCUT2D eigenvalue weighted by atomic mass is 32.2. The van der Waals surface area contributed by atoms with Gasteiger partial charge in [-0.2, -0.15) is 13.2 Å². The highest BCUT2D eigenvalue weighted by Gasteiger charge is 2.40. The second-order valence-electron chi connectivity index (χ2n) is 7.42. The van der Waals surface area contributed by atoms with Gasteiger partial charge in [-0.15, -0.1) is 11.3 Å². The Morgan fingerprint density at radius 3 is 2.83 bits per heavy atom. The lowest BCUT2D eigenvalue weighted by atomic mass is 9.74. The first kappa shape index (κ1) is 20.6. The summed E-state index contributed by atoms with van der Waals surface area (Å²) in [5, 5.41) is 6.80. The molecule has 2 aliphatic rings. The Kier molecular flexibility index (Phi) is 5.34. The summed E-state index contributed by atoms with van der Waals surface area (Å²) in [6, 6.07) is 3.33. The van der Waals surface area contributed by atoms with Gasteiger partial charge in [0.05, 0.1) is 4.88 Å². The van der Waals surface area contributed by atoms with Crippen LogP contribution in [0.15, 0.2) is 39.1 Å². The summed E-state index contributed by atoms with van der Waals surface area (Å²) < 4.78 is 71.2. The SMILES string of the molecule is CC1CCC2C=CCNC2C1NS(=O)(=O)c1ccc(-c2cc(C(F)(F)F)on2)s1. The molecular formula is C18H20F3N3O3S2. The van der Waals surface area contributed by atoms with Crippen molar-refractivity contribution in [2.75, 3.05) is 6.54 Å². The van der Waals surface area contributed by atoms with Crippen LogP contribution in [0, 0.1) is 11.8 Å². The normalized spacial score (nSPS) is 27.7. The molecule has 1 saturated carbocycles. The molecule has 0 amide bonds. The molecule has 2 N–H and O–H groups in total. The molecule has 1 aliphatic carbocycles. The minimum Gasteiger partial charge on any atom is -0.351 e. The molecule has 4 atom stereocenters. The molecule has 0 saturated heterocycles. The fourth-order valence-electron chi connectivity index (χ4n) is 3.93. The molecule has 0 spiro atoms. The fourth-order valence-corrected chi connectivity index (χ4v) is 6.57. The number of aromatic nitrogens is 1.